The number of ketones is 4. The van der Waals surface area contributed by atoms with Crippen LogP contribution in [-0.4, -0.2) is 129 Å². The number of phenolic OH excluding ortho intramolecular Hbond substituents is 1. The number of aliphatic hydroxyl groups is 3. The van der Waals surface area contributed by atoms with Crippen LogP contribution in [0.4, 0.5) is 0 Å². The van der Waals surface area contributed by atoms with E-state index in [2.05, 4.69) is 20.9 Å². The molecule has 0 spiro atoms. The average molecular weight is 763 g/mol. The number of hydrogen-bond donors (Lipinski definition) is 6. The number of aliphatic hydroxyl groups excluding tert-OH is 2. The second-order valence-corrected chi connectivity index (χ2v) is 13.3. The van der Waals surface area contributed by atoms with Crippen LogP contribution in [0.2, 0.25) is 0 Å². The molecule has 8 atom stereocenters. The van der Waals surface area contributed by atoms with Crippen LogP contribution in [0.25, 0.3) is 0 Å². The standard InChI is InChI=1S/C33H32BrNO15/c1-9-17(31(44)45)24(40)20-13(21(9)34)7-16(37)33(49-5)29(43)19-12(28(42)32(20,33)46)6-11-18(23(19)39)15(36)8-14(22(11)38)35-30-27(48-4)25(41)26(47-3)10(2)50-30/h6,10,16,25-27,30,37,39-41,46H,7-8H2,1-5H3,(H,44,45). The van der Waals surface area contributed by atoms with Crippen molar-refractivity contribution in [2.75, 3.05) is 21.3 Å². The fraction of sp³-hybridized carbons (Fsp3) is 0.455. The van der Waals surface area contributed by atoms with Gasteiger partial charge in [0, 0.05) is 48.9 Å². The lowest BCUT2D eigenvalue weighted by atomic mass is 9.56. The molecular weight excluding hydrogens is 730 g/mol. The minimum absolute atomic E-state index is 0.00981. The van der Waals surface area contributed by atoms with E-state index < -0.39 is 140 Å². The number of methoxy groups -OCH3 is 3. The SMILES string of the molecule is COC1C(C)OC(N=C2CC(=O)c3c(cc4c(c3O)C(=O)C3(OC)C(O)Cc5c(Br)c(C)c(C(=O)O)c(O)c5C3(O)C4=O)C2=O)C(OC)C1O. The summed E-state index contributed by atoms with van der Waals surface area (Å²) in [6.07, 6.45) is -8.47. The number of rotatable bonds is 5. The number of ether oxygens (including phenoxy) is 4. The largest absolute Gasteiger partial charge is 0.507 e. The van der Waals surface area contributed by atoms with Gasteiger partial charge in [0.05, 0.1) is 35.5 Å². The molecule has 16 nitrogen and oxygen atoms in total. The Morgan fingerprint density at radius 3 is 2.22 bits per heavy atom. The van der Waals surface area contributed by atoms with E-state index in [-0.39, 0.29) is 15.6 Å². The molecule has 1 aliphatic heterocycles. The molecule has 0 aromatic heterocycles. The van der Waals surface area contributed by atoms with Crippen molar-refractivity contribution in [1.82, 2.24) is 0 Å². The summed E-state index contributed by atoms with van der Waals surface area (Å²) in [6, 6.07) is 0.810. The van der Waals surface area contributed by atoms with Gasteiger partial charge in [-0.1, -0.05) is 15.9 Å². The lowest BCUT2D eigenvalue weighted by molar-refractivity contribution is -0.228. The van der Waals surface area contributed by atoms with E-state index in [1.807, 2.05) is 0 Å². The van der Waals surface area contributed by atoms with Gasteiger partial charge in [0.15, 0.2) is 23.2 Å². The van der Waals surface area contributed by atoms with Gasteiger partial charge in [-0.15, -0.1) is 0 Å². The van der Waals surface area contributed by atoms with Crippen LogP contribution in [0.3, 0.4) is 0 Å². The first-order valence-corrected chi connectivity index (χ1v) is 16.0. The van der Waals surface area contributed by atoms with Gasteiger partial charge in [-0.25, -0.2) is 4.79 Å². The molecule has 2 aromatic carbocycles. The minimum atomic E-state index is -3.32. The van der Waals surface area contributed by atoms with Crippen molar-refractivity contribution in [1.29, 1.82) is 0 Å². The molecule has 266 valence electrons. The molecule has 8 unspecified atom stereocenters. The number of aromatic hydroxyl groups is 2. The molecule has 6 N–H and O–H groups in total. The van der Waals surface area contributed by atoms with E-state index in [4.69, 9.17) is 18.9 Å². The molecule has 0 radical (unpaired) electrons. The number of carboxylic acids is 1. The van der Waals surface area contributed by atoms with Crippen LogP contribution in [0.5, 0.6) is 11.5 Å². The molecule has 17 heteroatoms. The third-order valence-electron chi connectivity index (χ3n) is 10.2. The Kier molecular flexibility index (Phi) is 8.67. The molecule has 6 rings (SSSR count). The third-order valence-corrected chi connectivity index (χ3v) is 11.3. The van der Waals surface area contributed by atoms with Gasteiger partial charge in [0.1, 0.15) is 35.4 Å². The molecule has 0 saturated carbocycles. The van der Waals surface area contributed by atoms with Crippen LogP contribution < -0.4 is 0 Å². The number of nitrogens with zero attached hydrogens (tertiary/aromatic N) is 1. The highest BCUT2D eigenvalue weighted by Gasteiger charge is 2.73. The van der Waals surface area contributed by atoms with Crippen LogP contribution in [-0.2, 0) is 31.0 Å². The molecule has 1 heterocycles. The van der Waals surface area contributed by atoms with Gasteiger partial charge < -0.3 is 49.6 Å². The quantitative estimate of drug-likeness (QED) is 0.246. The lowest BCUT2D eigenvalue weighted by Crippen LogP contribution is -2.73. The Bertz CT molecular complexity index is 1960. The summed E-state index contributed by atoms with van der Waals surface area (Å²) in [4.78, 5) is 72.9. The Morgan fingerprint density at radius 2 is 1.64 bits per heavy atom. The smallest absolute Gasteiger partial charge is 0.339 e. The lowest BCUT2D eigenvalue weighted by Gasteiger charge is -2.53. The van der Waals surface area contributed by atoms with Crippen molar-refractivity contribution < 1.29 is 73.6 Å². The van der Waals surface area contributed by atoms with Crippen molar-refractivity contribution in [3.05, 3.63) is 55.0 Å². The highest BCUT2D eigenvalue weighted by molar-refractivity contribution is 9.10. The van der Waals surface area contributed by atoms with E-state index in [0.717, 1.165) is 13.2 Å². The number of carbonyl (C=O) groups excluding carboxylic acids is 4. The summed E-state index contributed by atoms with van der Waals surface area (Å²) in [5, 5.41) is 67.3. The number of aliphatic imine (C=N–C) groups is 1. The predicted octanol–water partition coefficient (Wildman–Crippen LogP) is 0.782. The number of aromatic carboxylic acids is 1. The zero-order valence-corrected chi connectivity index (χ0v) is 28.7. The molecule has 2 aromatic rings. The fourth-order valence-electron chi connectivity index (χ4n) is 7.83. The summed E-state index contributed by atoms with van der Waals surface area (Å²) in [6.45, 7) is 2.93. The van der Waals surface area contributed by atoms with E-state index in [1.54, 1.807) is 6.92 Å². The summed E-state index contributed by atoms with van der Waals surface area (Å²) >= 11 is 3.23. The molecule has 3 aliphatic carbocycles. The molecular formula is C33H32BrNO15. The average Bonchev–Trinajstić information content (AvgIpc) is 3.04. The first-order chi connectivity index (χ1) is 23.5. The van der Waals surface area contributed by atoms with Crippen LogP contribution in [0, 0.1) is 6.92 Å². The molecule has 1 fully saturated rings. The van der Waals surface area contributed by atoms with Gasteiger partial charge in [-0.05, 0) is 31.0 Å². The predicted molar refractivity (Wildman–Crippen MR) is 170 cm³/mol. The minimum Gasteiger partial charge on any atom is -0.507 e. The van der Waals surface area contributed by atoms with Crippen LogP contribution in [0.1, 0.15) is 81.8 Å². The number of benzene rings is 2. The van der Waals surface area contributed by atoms with Gasteiger partial charge >= 0.3 is 5.97 Å². The maximum Gasteiger partial charge on any atom is 0.339 e. The number of carbonyl (C=O) groups is 5. The van der Waals surface area contributed by atoms with Crippen LogP contribution >= 0.6 is 15.9 Å². The first kappa shape index (κ1) is 35.9. The van der Waals surface area contributed by atoms with Gasteiger partial charge in [0.25, 0.3) is 0 Å². The number of hydrogen-bond acceptors (Lipinski definition) is 15. The van der Waals surface area contributed by atoms with Crippen molar-refractivity contribution in [3.8, 4) is 11.5 Å². The monoisotopic (exact) mass is 761 g/mol. The van der Waals surface area contributed by atoms with E-state index in [1.165, 1.54) is 21.1 Å². The first-order valence-electron chi connectivity index (χ1n) is 15.2. The van der Waals surface area contributed by atoms with Crippen molar-refractivity contribution >= 4 is 50.7 Å². The summed E-state index contributed by atoms with van der Waals surface area (Å²) in [5.74, 6) is -8.52. The topological polar surface area (TPSA) is 256 Å². The zero-order valence-electron chi connectivity index (χ0n) is 27.1. The number of carboxylic acid groups (broad SMARTS) is 1. The molecule has 0 bridgehead atoms. The normalized spacial score (nSPS) is 32.8. The number of fused-ring (bicyclic) bond motifs is 5. The Morgan fingerprint density at radius 1 is 1.00 bits per heavy atom. The summed E-state index contributed by atoms with van der Waals surface area (Å²) < 4.78 is 21.9. The number of Topliss-reactive ketones (excluding diaryl/α,β-unsaturated/α-hetero) is 4. The molecule has 4 aliphatic rings. The molecule has 1 saturated heterocycles. The highest BCUT2D eigenvalue weighted by Crippen LogP contribution is 2.58. The van der Waals surface area contributed by atoms with Gasteiger partial charge in [-0.2, -0.15) is 0 Å². The Balaban J connectivity index is 1.57. The van der Waals surface area contributed by atoms with Gasteiger partial charge in [-0.3, -0.25) is 24.2 Å². The van der Waals surface area contributed by atoms with Gasteiger partial charge in [0.2, 0.25) is 17.3 Å². The second-order valence-electron chi connectivity index (χ2n) is 12.5. The van der Waals surface area contributed by atoms with E-state index in [9.17, 15) is 54.6 Å². The van der Waals surface area contributed by atoms with E-state index >= 15 is 0 Å². The highest BCUT2D eigenvalue weighted by atomic mass is 79.9. The number of halogens is 1. The Hall–Kier alpha value is -3.94. The van der Waals surface area contributed by atoms with E-state index in [0.29, 0.717) is 0 Å². The molecule has 0 amide bonds. The molecule has 50 heavy (non-hydrogen) atoms. The number of phenols is 2. The summed E-state index contributed by atoms with van der Waals surface area (Å²) in [5.41, 5.74) is -11.1. The maximum atomic E-state index is 14.6. The van der Waals surface area contributed by atoms with Crippen molar-refractivity contribution in [3.63, 3.8) is 0 Å². The Labute approximate surface area is 291 Å². The maximum absolute atomic E-state index is 14.6. The third kappa shape index (κ3) is 4.41. The fourth-order valence-corrected chi connectivity index (χ4v) is 8.38. The van der Waals surface area contributed by atoms with Crippen molar-refractivity contribution in [2.24, 2.45) is 4.99 Å². The second kappa shape index (κ2) is 12.1. The summed E-state index contributed by atoms with van der Waals surface area (Å²) in [7, 11) is 3.51. The van der Waals surface area contributed by atoms with Crippen molar-refractivity contribution in [2.45, 2.75) is 74.6 Å². The van der Waals surface area contributed by atoms with Crippen LogP contribution in [0.15, 0.2) is 15.5 Å². The zero-order chi connectivity index (χ0) is 36.9.